The van der Waals surface area contributed by atoms with Crippen molar-refractivity contribution in [1.82, 2.24) is 9.88 Å². The third-order valence-electron chi connectivity index (χ3n) is 9.54. The van der Waals surface area contributed by atoms with Gasteiger partial charge in [0.05, 0.1) is 18.0 Å². The highest BCUT2D eigenvalue weighted by Gasteiger charge is 2.56. The largest absolute Gasteiger partial charge is 0.456 e. The second-order valence-corrected chi connectivity index (χ2v) is 12.0. The molecule has 2 aliphatic heterocycles. The van der Waals surface area contributed by atoms with Crippen molar-refractivity contribution in [2.24, 2.45) is 4.99 Å². The zero-order chi connectivity index (χ0) is 33.3. The van der Waals surface area contributed by atoms with Crippen molar-refractivity contribution in [1.29, 1.82) is 0 Å². The average molecular weight is 630 g/mol. The van der Waals surface area contributed by atoms with Crippen LogP contribution in [0, 0.1) is 0 Å². The smallest absolute Gasteiger partial charge is 0.255 e. The predicted octanol–water partition coefficient (Wildman–Crippen LogP) is 7.34. The summed E-state index contributed by atoms with van der Waals surface area (Å²) in [5, 5.41) is 0. The molecule has 47 heavy (non-hydrogen) atoms. The van der Waals surface area contributed by atoms with E-state index >= 15 is 0 Å². The van der Waals surface area contributed by atoms with Gasteiger partial charge in [0, 0.05) is 79.8 Å². The molecule has 0 unspecified atom stereocenters. The van der Waals surface area contributed by atoms with Gasteiger partial charge in [0.1, 0.15) is 22.7 Å². The Labute approximate surface area is 277 Å². The summed E-state index contributed by atoms with van der Waals surface area (Å²) >= 11 is 0. The zero-order valence-electron chi connectivity index (χ0n) is 28.2. The van der Waals surface area contributed by atoms with Crippen LogP contribution >= 0.6 is 0 Å². The maximum Gasteiger partial charge on any atom is 0.255 e. The number of anilines is 2. The number of pyridine rings is 1. The van der Waals surface area contributed by atoms with E-state index in [1.807, 2.05) is 42.2 Å². The quantitative estimate of drug-likeness (QED) is 0.128. The van der Waals surface area contributed by atoms with Crippen LogP contribution in [-0.4, -0.2) is 66.6 Å². The molecule has 4 aromatic rings. The molecule has 3 heterocycles. The summed E-state index contributed by atoms with van der Waals surface area (Å²) in [5.41, 5.74) is 6.53. The summed E-state index contributed by atoms with van der Waals surface area (Å²) in [5.74, 6) is 1.37. The monoisotopic (exact) mass is 629 g/mol. The average Bonchev–Trinajstić information content (AvgIpc) is 3.33. The van der Waals surface area contributed by atoms with Crippen molar-refractivity contribution in [2.45, 2.75) is 47.1 Å². The van der Waals surface area contributed by atoms with Crippen LogP contribution < -0.4 is 14.5 Å². The second-order valence-electron chi connectivity index (χ2n) is 12.0. The normalized spacial score (nSPS) is 14.4. The van der Waals surface area contributed by atoms with E-state index in [9.17, 15) is 9.59 Å². The minimum Gasteiger partial charge on any atom is -0.456 e. The molecule has 0 saturated carbocycles. The molecule has 2 aliphatic rings. The first-order valence-electron chi connectivity index (χ1n) is 16.7. The van der Waals surface area contributed by atoms with Gasteiger partial charge in [-0.15, -0.1) is 0 Å². The number of ketones is 1. The van der Waals surface area contributed by atoms with Crippen LogP contribution in [0.25, 0.3) is 0 Å². The fourth-order valence-corrected chi connectivity index (χ4v) is 7.13. The van der Waals surface area contributed by atoms with Crippen molar-refractivity contribution >= 4 is 28.8 Å². The zero-order valence-corrected chi connectivity index (χ0v) is 28.2. The first kappa shape index (κ1) is 32.0. The number of nitrogens with zero attached hydrogens (tertiary/aromatic N) is 5. The number of aromatic nitrogens is 1. The summed E-state index contributed by atoms with van der Waals surface area (Å²) in [6.45, 7) is 16.2. The van der Waals surface area contributed by atoms with Gasteiger partial charge >= 0.3 is 0 Å². The number of carbonyl (C=O) groups is 2. The van der Waals surface area contributed by atoms with Crippen molar-refractivity contribution in [3.05, 3.63) is 113 Å². The molecule has 0 aliphatic carbocycles. The van der Waals surface area contributed by atoms with Crippen LogP contribution in [0.4, 0.5) is 11.4 Å². The van der Waals surface area contributed by atoms with Crippen LogP contribution in [0.5, 0.6) is 11.5 Å². The molecular weight excluding hydrogens is 586 g/mol. The Bertz CT molecular complexity index is 1800. The lowest BCUT2D eigenvalue weighted by atomic mass is 9.74. The molecule has 0 atom stereocenters. The van der Waals surface area contributed by atoms with Crippen molar-refractivity contribution in [3.8, 4) is 11.5 Å². The number of rotatable bonds is 11. The van der Waals surface area contributed by atoms with Crippen LogP contribution in [0.3, 0.4) is 0 Å². The molecule has 6 rings (SSSR count). The Morgan fingerprint density at radius 1 is 0.766 bits per heavy atom. The molecule has 0 saturated heterocycles. The van der Waals surface area contributed by atoms with E-state index in [0.717, 1.165) is 65.7 Å². The van der Waals surface area contributed by atoms with Crippen molar-refractivity contribution in [2.75, 3.05) is 49.1 Å². The fraction of sp³-hybridized carbons (Fsp3) is 0.333. The molecule has 0 fully saturated rings. The Balaban J connectivity index is 1.51. The minimum absolute atomic E-state index is 0.0374. The summed E-state index contributed by atoms with van der Waals surface area (Å²) in [6, 6.07) is 26.1. The minimum atomic E-state index is -0.906. The SMILES string of the molecule is CCN(CC)c1ccc2c(c1)Oc1cc(N(CC)CC)ccc1C21c2ccccc2C(=O)N1CC/N=C(\C)c1cccc(C(C)=O)n1. The summed E-state index contributed by atoms with van der Waals surface area (Å²) in [4.78, 5) is 42.4. The molecule has 1 spiro atoms. The van der Waals surface area contributed by atoms with Gasteiger partial charge in [0.15, 0.2) is 5.78 Å². The lowest BCUT2D eigenvalue weighted by molar-refractivity contribution is 0.0673. The molecule has 1 amide bonds. The molecule has 3 aromatic carbocycles. The lowest BCUT2D eigenvalue weighted by Gasteiger charge is -2.44. The number of Topliss-reactive ketones (excluding diaryl/α,β-unsaturated/α-hetero) is 1. The van der Waals surface area contributed by atoms with Gasteiger partial charge in [-0.1, -0.05) is 36.4 Å². The van der Waals surface area contributed by atoms with Gasteiger partial charge in [-0.25, -0.2) is 4.98 Å². The number of aliphatic imine (C=N–C) groups is 1. The lowest BCUT2D eigenvalue weighted by Crippen LogP contribution is -2.48. The van der Waals surface area contributed by atoms with Gasteiger partial charge < -0.3 is 19.4 Å². The molecule has 242 valence electrons. The first-order chi connectivity index (χ1) is 22.8. The highest BCUT2D eigenvalue weighted by atomic mass is 16.5. The molecule has 0 bridgehead atoms. The van der Waals surface area contributed by atoms with E-state index in [1.54, 1.807) is 6.07 Å². The molecular formula is C39H43N5O3. The number of fused-ring (bicyclic) bond motifs is 6. The van der Waals surface area contributed by atoms with Crippen molar-refractivity contribution < 1.29 is 14.3 Å². The third-order valence-corrected chi connectivity index (χ3v) is 9.54. The van der Waals surface area contributed by atoms with E-state index < -0.39 is 5.54 Å². The van der Waals surface area contributed by atoms with E-state index in [-0.39, 0.29) is 11.7 Å². The maximum atomic E-state index is 14.5. The van der Waals surface area contributed by atoms with E-state index in [4.69, 9.17) is 9.73 Å². The fourth-order valence-electron chi connectivity index (χ4n) is 7.13. The Morgan fingerprint density at radius 3 is 1.91 bits per heavy atom. The third kappa shape index (κ3) is 5.35. The van der Waals surface area contributed by atoms with Gasteiger partial charge in [-0.2, -0.15) is 0 Å². The van der Waals surface area contributed by atoms with Crippen LogP contribution in [0.15, 0.2) is 83.9 Å². The maximum absolute atomic E-state index is 14.5. The van der Waals surface area contributed by atoms with Crippen LogP contribution in [-0.2, 0) is 5.54 Å². The van der Waals surface area contributed by atoms with E-state index in [1.165, 1.54) is 6.92 Å². The van der Waals surface area contributed by atoms with Crippen LogP contribution in [0.1, 0.15) is 84.8 Å². The summed E-state index contributed by atoms with van der Waals surface area (Å²) < 4.78 is 6.80. The molecule has 8 heteroatoms. The highest BCUT2D eigenvalue weighted by molar-refractivity contribution is 6.03. The number of hydrogen-bond donors (Lipinski definition) is 0. The highest BCUT2D eigenvalue weighted by Crippen LogP contribution is 2.58. The second kappa shape index (κ2) is 13.0. The molecule has 0 N–H and O–H groups in total. The van der Waals surface area contributed by atoms with Gasteiger partial charge in [-0.3, -0.25) is 14.6 Å². The Hall–Kier alpha value is -4.98. The van der Waals surface area contributed by atoms with Gasteiger partial charge in [0.2, 0.25) is 0 Å². The number of benzene rings is 3. The Kier molecular flexibility index (Phi) is 8.86. The predicted molar refractivity (Wildman–Crippen MR) is 189 cm³/mol. The number of carbonyl (C=O) groups excluding carboxylic acids is 2. The van der Waals surface area contributed by atoms with Gasteiger partial charge in [0.25, 0.3) is 5.91 Å². The number of amides is 1. The molecule has 8 nitrogen and oxygen atoms in total. The first-order valence-corrected chi connectivity index (χ1v) is 16.7. The summed E-state index contributed by atoms with van der Waals surface area (Å²) in [7, 11) is 0. The van der Waals surface area contributed by atoms with E-state index in [2.05, 4.69) is 84.9 Å². The van der Waals surface area contributed by atoms with Gasteiger partial charge in [-0.05, 0) is 70.5 Å². The Morgan fingerprint density at radius 2 is 1.34 bits per heavy atom. The van der Waals surface area contributed by atoms with E-state index in [0.29, 0.717) is 35.8 Å². The standard InChI is InChI=1S/C39H43N5O3/c1-7-42(8-2)28-18-20-32-36(24-28)47-37-25-29(43(9-3)10-4)19-21-33(37)39(32)31-15-12-11-14-30(31)38(46)44(39)23-22-40-26(5)34-16-13-17-35(41-34)27(6)45/h11-21,24-25H,7-10,22-23H2,1-6H3/b40-26+. The van der Waals surface area contributed by atoms with Crippen molar-refractivity contribution in [3.63, 3.8) is 0 Å². The van der Waals surface area contributed by atoms with Crippen LogP contribution in [0.2, 0.25) is 0 Å². The number of ether oxygens (including phenoxy) is 1. The molecule has 0 radical (unpaired) electrons. The molecule has 1 aromatic heterocycles. The summed E-state index contributed by atoms with van der Waals surface area (Å²) in [6.07, 6.45) is 0. The topological polar surface area (TPSA) is 78.3 Å². The number of hydrogen-bond acceptors (Lipinski definition) is 7.